The minimum absolute atomic E-state index is 0.0360. The van der Waals surface area contributed by atoms with Crippen LogP contribution in [0.5, 0.6) is 0 Å². The number of hydrogen-bond acceptors (Lipinski definition) is 6. The van der Waals surface area contributed by atoms with Crippen LogP contribution < -0.4 is 5.32 Å². The summed E-state index contributed by atoms with van der Waals surface area (Å²) in [6.07, 6.45) is 69.3. The van der Waals surface area contributed by atoms with Gasteiger partial charge in [-0.3, -0.25) is 18.6 Å². The Morgan fingerprint density at radius 2 is 0.813 bits per heavy atom. The molecule has 3 atom stereocenters. The van der Waals surface area contributed by atoms with Gasteiger partial charge in [0, 0.05) is 12.8 Å². The van der Waals surface area contributed by atoms with Crippen molar-refractivity contribution in [1.29, 1.82) is 0 Å². The molecule has 0 saturated heterocycles. The monoisotopic (exact) mass is 1070 g/mol. The Labute approximate surface area is 464 Å². The van der Waals surface area contributed by atoms with E-state index >= 15 is 0 Å². The molecule has 0 aromatic rings. The Bertz CT molecular complexity index is 1470. The lowest BCUT2D eigenvalue weighted by atomic mass is 10.0. The molecule has 0 saturated carbocycles. The van der Waals surface area contributed by atoms with Crippen LogP contribution in [-0.4, -0.2) is 74.3 Å². The van der Waals surface area contributed by atoms with Gasteiger partial charge < -0.3 is 19.4 Å². The number of carbonyl (C=O) groups is 2. The topological polar surface area (TPSA) is 111 Å². The lowest BCUT2D eigenvalue weighted by Gasteiger charge is -2.27. The van der Waals surface area contributed by atoms with Gasteiger partial charge in [-0.15, -0.1) is 0 Å². The predicted octanol–water partition coefficient (Wildman–Crippen LogP) is 19.4. The number of unbranched alkanes of at least 4 members (excludes halogenated alkanes) is 33. The third kappa shape index (κ3) is 56.2. The number of quaternary nitrogens is 1. The maximum absolute atomic E-state index is 13.5. The van der Waals surface area contributed by atoms with Gasteiger partial charge in [-0.1, -0.05) is 262 Å². The second-order valence-electron chi connectivity index (χ2n) is 22.6. The second kappa shape index (κ2) is 55.0. The summed E-state index contributed by atoms with van der Waals surface area (Å²) in [7, 11) is 1.49. The first kappa shape index (κ1) is 72.7. The molecule has 0 radical (unpaired) electrons. The largest absolute Gasteiger partial charge is 0.472 e. The average molecular weight is 1070 g/mol. The van der Waals surface area contributed by atoms with Gasteiger partial charge in [-0.2, -0.15) is 0 Å². The molecule has 0 bridgehead atoms. The molecule has 0 heterocycles. The number of nitrogens with one attached hydrogen (secondary N) is 1. The fraction of sp³-hybridized carbons (Fsp3) is 0.815. The Morgan fingerprint density at radius 1 is 0.467 bits per heavy atom. The van der Waals surface area contributed by atoms with Crippen LogP contribution in [0.2, 0.25) is 0 Å². The lowest BCUT2D eigenvalue weighted by molar-refractivity contribution is -0.870. The summed E-state index contributed by atoms with van der Waals surface area (Å²) in [5, 5.41) is 3.05. The van der Waals surface area contributed by atoms with E-state index in [1.54, 1.807) is 0 Å². The number of rotatable bonds is 57. The van der Waals surface area contributed by atoms with Crippen LogP contribution >= 0.6 is 7.82 Å². The van der Waals surface area contributed by atoms with E-state index in [9.17, 15) is 19.0 Å². The van der Waals surface area contributed by atoms with Crippen LogP contribution in [0, 0.1) is 0 Å². The van der Waals surface area contributed by atoms with Crippen LogP contribution in [0.4, 0.5) is 0 Å². The van der Waals surface area contributed by atoms with Crippen LogP contribution in [-0.2, 0) is 27.9 Å². The zero-order valence-electron chi connectivity index (χ0n) is 50.0. The SMILES string of the molecule is CCCCC/C=C\C/C=C\C/C=C\C/C=C\CCCCCCCC(=O)NC(COP(=O)(O)OCC[N+](C)(C)C)C(/C=C/CCCCCCCCCCC)OC(=O)CCCCCCCCCCCCCCCCCCC. The number of esters is 1. The Morgan fingerprint density at radius 3 is 1.24 bits per heavy atom. The first-order valence-corrected chi connectivity index (χ1v) is 33.1. The third-order valence-corrected chi connectivity index (χ3v) is 14.9. The Hall–Kier alpha value is -2.29. The number of phosphoric ester groups is 1. The first-order chi connectivity index (χ1) is 36.4. The average Bonchev–Trinajstić information content (AvgIpc) is 3.37. The summed E-state index contributed by atoms with van der Waals surface area (Å²) < 4.78 is 30.7. The van der Waals surface area contributed by atoms with Crippen molar-refractivity contribution in [2.75, 3.05) is 40.9 Å². The van der Waals surface area contributed by atoms with Crippen molar-refractivity contribution in [1.82, 2.24) is 5.32 Å². The Balaban J connectivity index is 5.23. The van der Waals surface area contributed by atoms with Gasteiger partial charge in [0.25, 0.3) is 0 Å². The molecule has 438 valence electrons. The maximum Gasteiger partial charge on any atom is 0.472 e. The van der Waals surface area contributed by atoms with E-state index in [0.29, 0.717) is 17.4 Å². The molecule has 10 heteroatoms. The molecule has 0 aromatic heterocycles. The van der Waals surface area contributed by atoms with Gasteiger partial charge in [0.05, 0.1) is 33.8 Å². The molecule has 0 rings (SSSR count). The fourth-order valence-electron chi connectivity index (χ4n) is 9.04. The van der Waals surface area contributed by atoms with Crippen LogP contribution in [0.15, 0.2) is 60.8 Å². The molecule has 0 aliphatic rings. The number of carbonyl (C=O) groups excluding carboxylic acids is 2. The number of likely N-dealkylation sites (N-methyl/N-ethyl adjacent to an activating group) is 1. The zero-order valence-corrected chi connectivity index (χ0v) is 50.9. The van der Waals surface area contributed by atoms with Crippen molar-refractivity contribution in [2.24, 2.45) is 0 Å². The predicted molar refractivity (Wildman–Crippen MR) is 323 cm³/mol. The number of hydrogen-bond donors (Lipinski definition) is 2. The smallest absolute Gasteiger partial charge is 0.456 e. The molecule has 2 N–H and O–H groups in total. The summed E-state index contributed by atoms with van der Waals surface area (Å²) in [5.41, 5.74) is 0. The number of amides is 1. The van der Waals surface area contributed by atoms with Gasteiger partial charge in [0.15, 0.2) is 0 Å². The van der Waals surface area contributed by atoms with Crippen molar-refractivity contribution in [3.63, 3.8) is 0 Å². The highest BCUT2D eigenvalue weighted by atomic mass is 31.2. The van der Waals surface area contributed by atoms with E-state index in [-0.39, 0.29) is 31.5 Å². The minimum Gasteiger partial charge on any atom is -0.456 e. The molecule has 9 nitrogen and oxygen atoms in total. The van der Waals surface area contributed by atoms with Crippen molar-refractivity contribution in [3.8, 4) is 0 Å². The molecule has 0 aliphatic carbocycles. The standard InChI is InChI=1S/C65H121N2O7P/c1-7-10-13-16-19-22-25-27-29-31-32-33-34-36-37-39-42-45-48-51-54-57-64(68)66-62(61-73-75(70,71)72-60-59-67(4,5)6)63(56-53-50-47-44-41-24-21-18-15-12-9-3)74-65(69)58-55-52-49-46-43-40-38-35-30-28-26-23-20-17-14-11-8-2/h19,22,27,29,32-33,36-37,53,56,62-63H,7-18,20-21,23-26,28,30-31,34-35,38-52,54-55,57-61H2,1-6H3,(H-,66,68,70,71)/p+1/b22-19-,29-27-,33-32-,37-36-,56-53+. The van der Waals surface area contributed by atoms with Crippen LogP contribution in [0.3, 0.4) is 0 Å². The summed E-state index contributed by atoms with van der Waals surface area (Å²) in [6, 6.07) is -0.857. The van der Waals surface area contributed by atoms with Crippen LogP contribution in [0.1, 0.15) is 290 Å². The highest BCUT2D eigenvalue weighted by Gasteiger charge is 2.30. The Kier molecular flexibility index (Phi) is 53.4. The molecule has 0 aliphatic heterocycles. The molecule has 1 amide bonds. The third-order valence-electron chi connectivity index (χ3n) is 14.0. The number of phosphoric acid groups is 1. The van der Waals surface area contributed by atoms with Crippen molar-refractivity contribution in [2.45, 2.75) is 303 Å². The molecule has 75 heavy (non-hydrogen) atoms. The number of nitrogens with zero attached hydrogens (tertiary/aromatic N) is 1. The number of allylic oxidation sites excluding steroid dienone is 9. The molecular formula is C65H122N2O7P+. The molecule has 0 spiro atoms. The number of ether oxygens (including phenoxy) is 1. The van der Waals surface area contributed by atoms with Crippen LogP contribution in [0.25, 0.3) is 0 Å². The molecule has 0 fully saturated rings. The van der Waals surface area contributed by atoms with E-state index in [1.165, 1.54) is 161 Å². The molecule has 3 unspecified atom stereocenters. The van der Waals surface area contributed by atoms with E-state index in [2.05, 4.69) is 74.7 Å². The quantitative estimate of drug-likeness (QED) is 0.0205. The van der Waals surface area contributed by atoms with Gasteiger partial charge in [0.2, 0.25) is 5.91 Å². The minimum atomic E-state index is -4.45. The van der Waals surface area contributed by atoms with E-state index in [4.69, 9.17) is 13.8 Å². The first-order valence-electron chi connectivity index (χ1n) is 31.6. The molecule has 0 aromatic carbocycles. The van der Waals surface area contributed by atoms with E-state index in [0.717, 1.165) is 96.3 Å². The second-order valence-corrected chi connectivity index (χ2v) is 24.0. The van der Waals surface area contributed by atoms with Crippen molar-refractivity contribution < 1.29 is 37.3 Å². The fourth-order valence-corrected chi connectivity index (χ4v) is 9.78. The highest BCUT2D eigenvalue weighted by Crippen LogP contribution is 2.43. The summed E-state index contributed by atoms with van der Waals surface area (Å²) in [6.45, 7) is 6.99. The summed E-state index contributed by atoms with van der Waals surface area (Å²) >= 11 is 0. The van der Waals surface area contributed by atoms with E-state index < -0.39 is 20.0 Å². The normalized spacial score (nSPS) is 14.1. The highest BCUT2D eigenvalue weighted by molar-refractivity contribution is 7.47. The van der Waals surface area contributed by atoms with Crippen molar-refractivity contribution >= 4 is 19.7 Å². The summed E-state index contributed by atoms with van der Waals surface area (Å²) in [5.74, 6) is -0.518. The van der Waals surface area contributed by atoms with E-state index in [1.807, 2.05) is 33.3 Å². The summed E-state index contributed by atoms with van der Waals surface area (Å²) in [4.78, 5) is 37.7. The van der Waals surface area contributed by atoms with Crippen molar-refractivity contribution in [3.05, 3.63) is 60.8 Å². The molecular weight excluding hydrogens is 952 g/mol. The maximum atomic E-state index is 13.5. The van der Waals surface area contributed by atoms with Gasteiger partial charge in [0.1, 0.15) is 19.3 Å². The van der Waals surface area contributed by atoms with Gasteiger partial charge in [-0.25, -0.2) is 4.57 Å². The lowest BCUT2D eigenvalue weighted by Crippen LogP contribution is -2.47. The zero-order chi connectivity index (χ0) is 55.0. The van der Waals surface area contributed by atoms with Gasteiger partial charge in [-0.05, 0) is 76.7 Å². The van der Waals surface area contributed by atoms with Gasteiger partial charge >= 0.3 is 13.8 Å².